The van der Waals surface area contributed by atoms with Gasteiger partial charge in [0.05, 0.1) is 0 Å². The molecule has 0 aromatic heterocycles. The molecule has 0 saturated carbocycles. The number of carboxylic acid groups (broad SMARTS) is 1. The van der Waals surface area contributed by atoms with Gasteiger partial charge in [0.15, 0.2) is 0 Å². The molecule has 0 heterocycles. The minimum Gasteiger partial charge on any atom is -0.480 e. The second kappa shape index (κ2) is 13.7. The van der Waals surface area contributed by atoms with Crippen LogP contribution in [0.25, 0.3) is 0 Å². The summed E-state index contributed by atoms with van der Waals surface area (Å²) in [7, 11) is 1.30. The first-order valence-corrected chi connectivity index (χ1v) is 13.7. The predicted molar refractivity (Wildman–Crippen MR) is 150 cm³/mol. The van der Waals surface area contributed by atoms with Gasteiger partial charge in [-0.3, -0.25) is 4.79 Å². The first kappa shape index (κ1) is 36.3. The van der Waals surface area contributed by atoms with Crippen LogP contribution in [0.2, 0.25) is 0 Å². The Morgan fingerprint density at radius 1 is 0.826 bits per heavy atom. The van der Waals surface area contributed by atoms with Gasteiger partial charge >= 0.3 is 30.3 Å². The Kier molecular flexibility index (Phi) is 10.8. The van der Waals surface area contributed by atoms with Crippen molar-refractivity contribution in [2.75, 3.05) is 20.8 Å². The van der Waals surface area contributed by atoms with Crippen LogP contribution in [0.3, 0.4) is 0 Å². The zero-order valence-electron chi connectivity index (χ0n) is 25.2. The number of esters is 2. The molecule has 14 heteroatoms. The van der Waals surface area contributed by atoms with Crippen molar-refractivity contribution in [3.63, 3.8) is 0 Å². The molecule has 46 heavy (non-hydrogen) atoms. The second-order valence-corrected chi connectivity index (χ2v) is 10.8. The number of aliphatic carboxylic acids is 1. The third kappa shape index (κ3) is 6.54. The number of methoxy groups -OCH3 is 2. The monoisotopic (exact) mass is 658 g/mol. The van der Waals surface area contributed by atoms with E-state index >= 15 is 0 Å². The molecule has 0 amide bonds. The number of halogens is 6. The van der Waals surface area contributed by atoms with E-state index in [1.54, 1.807) is 13.8 Å². The van der Waals surface area contributed by atoms with Gasteiger partial charge in [0.25, 0.3) is 11.2 Å². The van der Waals surface area contributed by atoms with Crippen molar-refractivity contribution in [3.8, 4) is 0 Å². The molecule has 2 aromatic carbocycles. The second-order valence-electron chi connectivity index (χ2n) is 10.8. The van der Waals surface area contributed by atoms with Crippen molar-refractivity contribution in [1.29, 1.82) is 0 Å². The van der Waals surface area contributed by atoms with Gasteiger partial charge in [-0.15, -0.1) is 0 Å². The fourth-order valence-corrected chi connectivity index (χ4v) is 5.28. The molecule has 2 aromatic rings. The molecule has 0 unspecified atom stereocenters. The van der Waals surface area contributed by atoms with Crippen LogP contribution >= 0.6 is 0 Å². The molecule has 0 saturated heterocycles. The van der Waals surface area contributed by atoms with Gasteiger partial charge < -0.3 is 24.1 Å². The summed E-state index contributed by atoms with van der Waals surface area (Å²) in [6.07, 6.45) is -11.0. The molecule has 1 aliphatic carbocycles. The zero-order valence-corrected chi connectivity index (χ0v) is 25.2. The fraction of sp³-hybridized carbons (Fsp3) is 0.406. The Labute approximate surface area is 260 Å². The quantitative estimate of drug-likeness (QED) is 0.159. The summed E-state index contributed by atoms with van der Waals surface area (Å²) < 4.78 is 106. The van der Waals surface area contributed by atoms with Gasteiger partial charge in [0.2, 0.25) is 0 Å². The first-order chi connectivity index (χ1) is 21.4. The van der Waals surface area contributed by atoms with Gasteiger partial charge in [-0.2, -0.15) is 26.3 Å². The highest BCUT2D eigenvalue weighted by Crippen LogP contribution is 2.48. The Balaban J connectivity index is 2.02. The summed E-state index contributed by atoms with van der Waals surface area (Å²) in [5.74, 6) is -5.45. The van der Waals surface area contributed by atoms with E-state index in [2.05, 4.69) is 0 Å². The number of carbonyl (C=O) groups excluding carboxylic acids is 2. The third-order valence-electron chi connectivity index (χ3n) is 7.71. The standard InChI is InChI=1S/C32H32F6O8/c1-20(2)15-16-28(25(39)40)18-21(19-45-26(41)29(43-3,31(33,34)35)22-11-7-5-8-12-22)17-24(28)46-27(42)30(44-4,32(36,37)38)23-13-9-6-10-14-23/h5-15,18,24H,16-17,19H2,1-4H3,(H,39,40)/t24-,28+,29-,30-/m0/s1. The lowest BCUT2D eigenvalue weighted by atomic mass is 9.80. The van der Waals surface area contributed by atoms with E-state index in [-0.39, 0.29) is 12.0 Å². The van der Waals surface area contributed by atoms with Crippen molar-refractivity contribution >= 4 is 17.9 Å². The summed E-state index contributed by atoms with van der Waals surface area (Å²) in [5, 5.41) is 10.3. The minimum atomic E-state index is -5.37. The molecule has 1 N–H and O–H groups in total. The van der Waals surface area contributed by atoms with Crippen LogP contribution in [-0.4, -0.2) is 62.3 Å². The third-order valence-corrected chi connectivity index (χ3v) is 7.71. The summed E-state index contributed by atoms with van der Waals surface area (Å²) in [6, 6.07) is 11.8. The molecule has 0 radical (unpaired) electrons. The van der Waals surface area contributed by atoms with E-state index in [0.29, 0.717) is 19.8 Å². The predicted octanol–water partition coefficient (Wildman–Crippen LogP) is 6.41. The molecule has 4 atom stereocenters. The Morgan fingerprint density at radius 3 is 1.67 bits per heavy atom. The Hall–Kier alpha value is -4.17. The van der Waals surface area contributed by atoms with E-state index in [0.717, 1.165) is 30.3 Å². The number of ether oxygens (including phenoxy) is 4. The number of rotatable bonds is 12. The van der Waals surface area contributed by atoms with Gasteiger partial charge in [-0.25, -0.2) is 9.59 Å². The van der Waals surface area contributed by atoms with Crippen LogP contribution in [-0.2, 0) is 44.5 Å². The number of benzene rings is 2. The van der Waals surface area contributed by atoms with Crippen LogP contribution in [0, 0.1) is 5.41 Å². The maximum atomic E-state index is 14.5. The summed E-state index contributed by atoms with van der Waals surface area (Å²) >= 11 is 0. The zero-order chi connectivity index (χ0) is 34.6. The molecular weight excluding hydrogens is 626 g/mol. The van der Waals surface area contributed by atoms with Crippen molar-refractivity contribution in [1.82, 2.24) is 0 Å². The average Bonchev–Trinajstić information content (AvgIpc) is 3.34. The normalized spacial score (nSPS) is 20.9. The maximum absolute atomic E-state index is 14.5. The lowest BCUT2D eigenvalue weighted by Crippen LogP contribution is -2.54. The lowest BCUT2D eigenvalue weighted by Gasteiger charge is -2.36. The summed E-state index contributed by atoms with van der Waals surface area (Å²) in [5.41, 5.74) is -10.1. The van der Waals surface area contributed by atoms with Crippen molar-refractivity contribution in [2.45, 2.75) is 56.3 Å². The Bertz CT molecular complexity index is 1470. The molecule has 8 nitrogen and oxygen atoms in total. The SMILES string of the molecule is CO[C@](C(=O)OCC1=C[C@@](CC=C(C)C)(C(=O)O)[C@@H](OC(=O)[C@@](OC)(c2ccccc2)C(F)(F)F)C1)(c1ccccc1)C(F)(F)F. The smallest absolute Gasteiger partial charge is 0.432 e. The lowest BCUT2D eigenvalue weighted by molar-refractivity contribution is -0.279. The first-order valence-electron chi connectivity index (χ1n) is 13.7. The molecule has 0 aliphatic heterocycles. The Morgan fingerprint density at radius 2 is 1.28 bits per heavy atom. The number of alkyl halides is 6. The summed E-state index contributed by atoms with van der Waals surface area (Å²) in [6.45, 7) is 2.33. The van der Waals surface area contributed by atoms with E-state index in [4.69, 9.17) is 18.9 Å². The molecule has 3 rings (SSSR count). The average molecular weight is 659 g/mol. The van der Waals surface area contributed by atoms with Crippen molar-refractivity contribution in [3.05, 3.63) is 95.1 Å². The number of carboxylic acids is 1. The van der Waals surface area contributed by atoms with Crippen LogP contribution in [0.4, 0.5) is 26.3 Å². The highest BCUT2D eigenvalue weighted by atomic mass is 19.4. The molecule has 0 fully saturated rings. The number of carbonyl (C=O) groups is 3. The van der Waals surface area contributed by atoms with Crippen molar-refractivity contribution < 1.29 is 64.8 Å². The van der Waals surface area contributed by atoms with Gasteiger partial charge in [-0.05, 0) is 25.8 Å². The fourth-order valence-electron chi connectivity index (χ4n) is 5.28. The van der Waals surface area contributed by atoms with Crippen LogP contribution in [0.1, 0.15) is 37.8 Å². The van der Waals surface area contributed by atoms with E-state index in [1.165, 1.54) is 42.5 Å². The highest BCUT2D eigenvalue weighted by Gasteiger charge is 2.66. The van der Waals surface area contributed by atoms with Gasteiger partial charge in [0.1, 0.15) is 18.1 Å². The van der Waals surface area contributed by atoms with Crippen LogP contribution in [0.15, 0.2) is 84.0 Å². The maximum Gasteiger partial charge on any atom is 0.432 e. The van der Waals surface area contributed by atoms with E-state index in [1.807, 2.05) is 0 Å². The highest BCUT2D eigenvalue weighted by molar-refractivity contribution is 5.85. The van der Waals surface area contributed by atoms with Crippen LogP contribution in [0.5, 0.6) is 0 Å². The van der Waals surface area contributed by atoms with Gasteiger partial charge in [0, 0.05) is 31.8 Å². The van der Waals surface area contributed by atoms with Crippen molar-refractivity contribution in [2.24, 2.45) is 5.41 Å². The summed E-state index contributed by atoms with van der Waals surface area (Å²) in [4.78, 5) is 39.2. The van der Waals surface area contributed by atoms with Gasteiger partial charge in [-0.1, -0.05) is 78.4 Å². The molecule has 250 valence electrons. The molecule has 1 aliphatic rings. The van der Waals surface area contributed by atoms with E-state index < -0.39 is 77.1 Å². The molecular formula is C32H32F6O8. The largest absolute Gasteiger partial charge is 0.480 e. The number of allylic oxidation sites excluding steroid dienone is 2. The molecule has 0 spiro atoms. The molecule has 0 bridgehead atoms. The topological polar surface area (TPSA) is 108 Å². The number of hydrogen-bond donors (Lipinski definition) is 1. The number of hydrogen-bond acceptors (Lipinski definition) is 7. The minimum absolute atomic E-state index is 0.120. The van der Waals surface area contributed by atoms with E-state index in [9.17, 15) is 45.8 Å². The van der Waals surface area contributed by atoms with Crippen LogP contribution < -0.4 is 0 Å².